The zero-order chi connectivity index (χ0) is 20.5. The molecule has 1 amide bonds. The number of carbonyl (C=O) groups excluding carboxylic acids is 1. The number of anilines is 1. The lowest BCUT2D eigenvalue weighted by Crippen LogP contribution is -2.25. The number of thiazole rings is 1. The topological polar surface area (TPSA) is 82.0 Å². The number of benzene rings is 1. The SMILES string of the molecule is CCOCCSc1ccc(C(=NO[C@@H]2CCOC2)C(=O)Nc2ncc(F)s2)cc1. The first-order valence-electron chi connectivity index (χ1n) is 9.21. The molecule has 0 spiro atoms. The van der Waals surface area contributed by atoms with Gasteiger partial charge in [0.05, 0.1) is 26.0 Å². The van der Waals surface area contributed by atoms with Crippen molar-refractivity contribution in [2.75, 3.05) is 37.5 Å². The first kappa shape index (κ1) is 21.7. The maximum Gasteiger partial charge on any atom is 0.280 e. The Kier molecular flexibility index (Phi) is 8.41. The molecule has 3 rings (SSSR count). The van der Waals surface area contributed by atoms with E-state index in [0.717, 1.165) is 28.2 Å². The van der Waals surface area contributed by atoms with Crippen molar-refractivity contribution in [1.29, 1.82) is 0 Å². The van der Waals surface area contributed by atoms with Gasteiger partial charge in [-0.3, -0.25) is 10.1 Å². The van der Waals surface area contributed by atoms with Crippen molar-refractivity contribution >= 4 is 39.8 Å². The lowest BCUT2D eigenvalue weighted by Gasteiger charge is -2.10. The Morgan fingerprint density at radius 1 is 1.45 bits per heavy atom. The molecule has 1 saturated heterocycles. The smallest absolute Gasteiger partial charge is 0.280 e. The molecule has 1 aliphatic rings. The van der Waals surface area contributed by atoms with Gasteiger partial charge in [-0.25, -0.2) is 4.98 Å². The molecule has 0 aliphatic carbocycles. The number of hydrogen-bond acceptors (Lipinski definition) is 8. The monoisotopic (exact) mass is 439 g/mol. The summed E-state index contributed by atoms with van der Waals surface area (Å²) in [5, 5.41) is 6.32. The summed E-state index contributed by atoms with van der Waals surface area (Å²) in [5.41, 5.74) is 0.686. The van der Waals surface area contributed by atoms with Crippen LogP contribution in [0.2, 0.25) is 0 Å². The van der Waals surface area contributed by atoms with Gasteiger partial charge in [0, 0.05) is 29.2 Å². The molecule has 0 unspecified atom stereocenters. The van der Waals surface area contributed by atoms with Gasteiger partial charge in [-0.05, 0) is 19.1 Å². The fraction of sp³-hybridized carbons (Fsp3) is 0.421. The molecule has 0 bridgehead atoms. The molecule has 2 heterocycles. The van der Waals surface area contributed by atoms with Crippen molar-refractivity contribution in [1.82, 2.24) is 4.98 Å². The van der Waals surface area contributed by atoms with Crippen molar-refractivity contribution in [3.05, 3.63) is 41.2 Å². The summed E-state index contributed by atoms with van der Waals surface area (Å²) in [4.78, 5) is 23.1. The molecular formula is C19H22FN3O4S2. The lowest BCUT2D eigenvalue weighted by molar-refractivity contribution is -0.110. The molecule has 1 atom stereocenters. The standard InChI is InChI=1S/C19H22FN3O4S2/c1-2-25-9-10-28-15-5-3-13(4-6-15)17(23-27-14-7-8-26-12-14)18(24)22-19-21-11-16(20)29-19/h3-6,11,14H,2,7-10,12H2,1H3,(H,21,22,24)/t14-/m1/s1. The van der Waals surface area contributed by atoms with Gasteiger partial charge >= 0.3 is 0 Å². The Morgan fingerprint density at radius 2 is 2.28 bits per heavy atom. The average Bonchev–Trinajstić information content (AvgIpc) is 3.38. The van der Waals surface area contributed by atoms with Crippen LogP contribution in [0.5, 0.6) is 0 Å². The van der Waals surface area contributed by atoms with Gasteiger partial charge in [-0.15, -0.1) is 11.8 Å². The van der Waals surface area contributed by atoms with Crippen LogP contribution in [0.25, 0.3) is 0 Å². The van der Waals surface area contributed by atoms with Gasteiger partial charge in [-0.1, -0.05) is 28.6 Å². The Morgan fingerprint density at radius 3 is 2.93 bits per heavy atom. The largest absolute Gasteiger partial charge is 0.389 e. The highest BCUT2D eigenvalue weighted by Gasteiger charge is 2.21. The third-order valence-corrected chi connectivity index (χ3v) is 5.60. The van der Waals surface area contributed by atoms with Gasteiger partial charge in [0.2, 0.25) is 0 Å². The van der Waals surface area contributed by atoms with Crippen LogP contribution in [0.1, 0.15) is 18.9 Å². The molecule has 1 aromatic heterocycles. The number of aromatic nitrogens is 1. The van der Waals surface area contributed by atoms with E-state index in [1.807, 2.05) is 19.1 Å². The maximum atomic E-state index is 13.2. The fourth-order valence-electron chi connectivity index (χ4n) is 2.49. The molecule has 2 aromatic rings. The van der Waals surface area contributed by atoms with E-state index in [9.17, 15) is 9.18 Å². The third kappa shape index (κ3) is 6.77. The first-order valence-corrected chi connectivity index (χ1v) is 11.0. The lowest BCUT2D eigenvalue weighted by atomic mass is 10.1. The predicted octanol–water partition coefficient (Wildman–Crippen LogP) is 3.56. The van der Waals surface area contributed by atoms with Gasteiger partial charge in [0.25, 0.3) is 5.91 Å². The minimum absolute atomic E-state index is 0.0957. The van der Waals surface area contributed by atoms with E-state index in [4.69, 9.17) is 14.3 Å². The molecule has 7 nitrogen and oxygen atoms in total. The van der Waals surface area contributed by atoms with Gasteiger partial charge in [0.1, 0.15) is 0 Å². The van der Waals surface area contributed by atoms with Crippen molar-refractivity contribution in [2.45, 2.75) is 24.3 Å². The van der Waals surface area contributed by atoms with E-state index < -0.39 is 11.0 Å². The van der Waals surface area contributed by atoms with Crippen LogP contribution in [0.3, 0.4) is 0 Å². The second-order valence-electron chi connectivity index (χ2n) is 6.02. The van der Waals surface area contributed by atoms with Gasteiger partial charge < -0.3 is 14.3 Å². The molecule has 1 aromatic carbocycles. The highest BCUT2D eigenvalue weighted by molar-refractivity contribution is 7.99. The molecule has 0 radical (unpaired) electrons. The van der Waals surface area contributed by atoms with Crippen molar-refractivity contribution < 1.29 is 23.5 Å². The second kappa shape index (κ2) is 11.2. The average molecular weight is 440 g/mol. The summed E-state index contributed by atoms with van der Waals surface area (Å²) in [6, 6.07) is 7.43. The maximum absolute atomic E-state index is 13.2. The molecule has 1 N–H and O–H groups in total. The van der Waals surface area contributed by atoms with Crippen LogP contribution in [-0.2, 0) is 19.1 Å². The molecule has 1 aliphatic heterocycles. The van der Waals surface area contributed by atoms with E-state index in [0.29, 0.717) is 38.4 Å². The minimum Gasteiger partial charge on any atom is -0.389 e. The number of nitrogens with one attached hydrogen (secondary N) is 1. The Balaban J connectivity index is 1.71. The number of thioether (sulfide) groups is 1. The van der Waals surface area contributed by atoms with E-state index in [1.165, 1.54) is 0 Å². The Hall–Kier alpha value is -2.01. The minimum atomic E-state index is -0.519. The second-order valence-corrected chi connectivity index (χ2v) is 8.17. The molecule has 1 fully saturated rings. The number of oxime groups is 1. The van der Waals surface area contributed by atoms with Crippen molar-refractivity contribution in [3.63, 3.8) is 0 Å². The van der Waals surface area contributed by atoms with E-state index in [1.54, 1.807) is 23.9 Å². The van der Waals surface area contributed by atoms with Crippen LogP contribution in [0, 0.1) is 5.13 Å². The number of nitrogens with zero attached hydrogens (tertiary/aromatic N) is 2. The molecule has 156 valence electrons. The predicted molar refractivity (Wildman–Crippen MR) is 111 cm³/mol. The van der Waals surface area contributed by atoms with Crippen molar-refractivity contribution in [2.24, 2.45) is 5.16 Å². The normalized spacial score (nSPS) is 16.8. The summed E-state index contributed by atoms with van der Waals surface area (Å²) in [7, 11) is 0. The number of halogens is 1. The van der Waals surface area contributed by atoms with Crippen LogP contribution >= 0.6 is 23.1 Å². The number of ether oxygens (including phenoxy) is 2. The van der Waals surface area contributed by atoms with E-state index in [2.05, 4.69) is 15.5 Å². The summed E-state index contributed by atoms with van der Waals surface area (Å²) in [6.45, 7) is 4.38. The number of carbonyl (C=O) groups is 1. The quantitative estimate of drug-likeness (QED) is 0.264. The van der Waals surface area contributed by atoms with E-state index >= 15 is 0 Å². The summed E-state index contributed by atoms with van der Waals surface area (Å²) < 4.78 is 23.8. The molecule has 0 saturated carbocycles. The van der Waals surface area contributed by atoms with Crippen LogP contribution in [0.15, 0.2) is 40.5 Å². The van der Waals surface area contributed by atoms with Crippen LogP contribution in [-0.4, -0.2) is 54.9 Å². The number of hydrogen-bond donors (Lipinski definition) is 1. The fourth-order valence-corrected chi connectivity index (χ4v) is 3.79. The highest BCUT2D eigenvalue weighted by atomic mass is 32.2. The van der Waals surface area contributed by atoms with Crippen molar-refractivity contribution in [3.8, 4) is 0 Å². The van der Waals surface area contributed by atoms with E-state index in [-0.39, 0.29) is 16.9 Å². The van der Waals surface area contributed by atoms with Crippen LogP contribution in [0.4, 0.5) is 9.52 Å². The van der Waals surface area contributed by atoms with Gasteiger partial charge in [-0.2, -0.15) is 4.39 Å². The number of amides is 1. The number of rotatable bonds is 10. The molecule has 29 heavy (non-hydrogen) atoms. The Bertz CT molecular complexity index is 823. The zero-order valence-corrected chi connectivity index (χ0v) is 17.6. The van der Waals surface area contributed by atoms with Gasteiger partial charge in [0.15, 0.2) is 22.1 Å². The first-order chi connectivity index (χ1) is 14.2. The zero-order valence-electron chi connectivity index (χ0n) is 15.9. The molecular weight excluding hydrogens is 417 g/mol. The molecule has 10 heteroatoms. The van der Waals surface area contributed by atoms with Crippen LogP contribution < -0.4 is 5.32 Å². The summed E-state index contributed by atoms with van der Waals surface area (Å²) >= 11 is 2.41. The summed E-state index contributed by atoms with van der Waals surface area (Å²) in [5.74, 6) is 0.324. The Labute approximate surface area is 176 Å². The third-order valence-electron chi connectivity index (χ3n) is 3.92. The highest BCUT2D eigenvalue weighted by Crippen LogP contribution is 2.20. The summed E-state index contributed by atoms with van der Waals surface area (Å²) in [6.07, 6.45) is 1.58.